The van der Waals surface area contributed by atoms with Crippen molar-refractivity contribution in [2.75, 3.05) is 26.2 Å². The van der Waals surface area contributed by atoms with E-state index in [-0.39, 0.29) is 0 Å². The molecule has 5 heteroatoms. The van der Waals surface area contributed by atoms with Gasteiger partial charge in [0.2, 0.25) is 0 Å². The van der Waals surface area contributed by atoms with Crippen molar-refractivity contribution in [3.8, 4) is 0 Å². The van der Waals surface area contributed by atoms with E-state index >= 15 is 0 Å². The van der Waals surface area contributed by atoms with Gasteiger partial charge in [-0.15, -0.1) is 0 Å². The summed E-state index contributed by atoms with van der Waals surface area (Å²) >= 11 is 0. The van der Waals surface area contributed by atoms with Crippen molar-refractivity contribution < 1.29 is 13.2 Å². The Morgan fingerprint density at radius 1 is 1.23 bits per heavy atom. The predicted octanol–water partition coefficient (Wildman–Crippen LogP) is 1.22. The normalized spacial score (nSPS) is 22.2. The topological polar surface area (TPSA) is 29.3 Å². The Labute approximate surface area is 75.9 Å². The molecule has 1 heterocycles. The van der Waals surface area contributed by atoms with Gasteiger partial charge in [0.25, 0.3) is 0 Å². The number of alkyl halides is 3. The van der Waals surface area contributed by atoms with Crippen molar-refractivity contribution in [1.82, 2.24) is 4.90 Å². The zero-order valence-electron chi connectivity index (χ0n) is 7.48. The van der Waals surface area contributed by atoms with Crippen LogP contribution in [0, 0.1) is 5.92 Å². The molecule has 0 unspecified atom stereocenters. The maximum absolute atomic E-state index is 12.0. The van der Waals surface area contributed by atoms with Gasteiger partial charge >= 0.3 is 6.18 Å². The summed E-state index contributed by atoms with van der Waals surface area (Å²) in [5.74, 6) is 0.421. The molecule has 0 amide bonds. The third-order valence-electron chi connectivity index (χ3n) is 2.44. The molecule has 1 fully saturated rings. The molecule has 1 rings (SSSR count). The lowest BCUT2D eigenvalue weighted by molar-refractivity contribution is -0.148. The summed E-state index contributed by atoms with van der Waals surface area (Å²) in [5, 5.41) is 0. The molecule has 1 saturated heterocycles. The largest absolute Gasteiger partial charge is 0.401 e. The molecule has 0 radical (unpaired) electrons. The molecule has 0 atom stereocenters. The molecule has 2 N–H and O–H groups in total. The van der Waals surface area contributed by atoms with E-state index in [0.717, 1.165) is 12.8 Å². The molecule has 0 aromatic rings. The van der Waals surface area contributed by atoms with E-state index in [1.165, 1.54) is 4.90 Å². The van der Waals surface area contributed by atoms with Crippen LogP contribution in [0.25, 0.3) is 0 Å². The molecule has 13 heavy (non-hydrogen) atoms. The molecule has 0 aromatic carbocycles. The summed E-state index contributed by atoms with van der Waals surface area (Å²) < 4.78 is 35.9. The summed E-state index contributed by atoms with van der Waals surface area (Å²) in [4.78, 5) is 1.45. The quantitative estimate of drug-likeness (QED) is 0.719. The lowest BCUT2D eigenvalue weighted by Gasteiger charge is -2.31. The third-order valence-corrected chi connectivity index (χ3v) is 2.44. The van der Waals surface area contributed by atoms with Crippen LogP contribution in [-0.4, -0.2) is 37.3 Å². The minimum Gasteiger partial charge on any atom is -0.330 e. The average molecular weight is 196 g/mol. The minimum atomic E-state index is -4.06. The first-order valence-corrected chi connectivity index (χ1v) is 4.50. The molecule has 0 aromatic heterocycles. The molecule has 2 nitrogen and oxygen atoms in total. The van der Waals surface area contributed by atoms with Gasteiger partial charge < -0.3 is 5.73 Å². The van der Waals surface area contributed by atoms with Crippen LogP contribution in [0.1, 0.15) is 12.8 Å². The number of rotatable bonds is 2. The Hall–Kier alpha value is -0.290. The van der Waals surface area contributed by atoms with Gasteiger partial charge in [0.05, 0.1) is 6.54 Å². The van der Waals surface area contributed by atoms with E-state index in [0.29, 0.717) is 25.6 Å². The summed E-state index contributed by atoms with van der Waals surface area (Å²) in [6.45, 7) is 0.882. The van der Waals surface area contributed by atoms with E-state index in [2.05, 4.69) is 0 Å². The van der Waals surface area contributed by atoms with Gasteiger partial charge in [-0.3, -0.25) is 4.90 Å². The van der Waals surface area contributed by atoms with Crippen molar-refractivity contribution in [1.29, 1.82) is 0 Å². The lowest BCUT2D eigenvalue weighted by Crippen LogP contribution is -2.41. The van der Waals surface area contributed by atoms with Gasteiger partial charge in [-0.2, -0.15) is 13.2 Å². The van der Waals surface area contributed by atoms with Crippen molar-refractivity contribution in [2.45, 2.75) is 19.0 Å². The number of hydrogen-bond donors (Lipinski definition) is 1. The molecular formula is C8H15F3N2. The first-order valence-electron chi connectivity index (χ1n) is 4.50. The lowest BCUT2D eigenvalue weighted by atomic mass is 9.97. The van der Waals surface area contributed by atoms with Gasteiger partial charge in [0, 0.05) is 0 Å². The van der Waals surface area contributed by atoms with Crippen LogP contribution < -0.4 is 5.73 Å². The Morgan fingerprint density at radius 2 is 1.77 bits per heavy atom. The highest BCUT2D eigenvalue weighted by molar-refractivity contribution is 4.74. The molecule has 1 aliphatic heterocycles. The highest BCUT2D eigenvalue weighted by atomic mass is 19.4. The number of nitrogens with two attached hydrogens (primary N) is 1. The fourth-order valence-corrected chi connectivity index (χ4v) is 1.63. The molecule has 78 valence electrons. The second-order valence-electron chi connectivity index (χ2n) is 3.57. The maximum Gasteiger partial charge on any atom is 0.401 e. The molecular weight excluding hydrogens is 181 g/mol. The first-order chi connectivity index (χ1) is 6.01. The van der Waals surface area contributed by atoms with Crippen LogP contribution in [0.3, 0.4) is 0 Å². The van der Waals surface area contributed by atoms with Gasteiger partial charge in [-0.05, 0) is 38.4 Å². The predicted molar refractivity (Wildman–Crippen MR) is 44.3 cm³/mol. The molecule has 0 aliphatic carbocycles. The molecule has 0 bridgehead atoms. The highest BCUT2D eigenvalue weighted by Crippen LogP contribution is 2.21. The average Bonchev–Trinajstić information content (AvgIpc) is 2.03. The van der Waals surface area contributed by atoms with Crippen LogP contribution in [0.2, 0.25) is 0 Å². The smallest absolute Gasteiger partial charge is 0.330 e. The van der Waals surface area contributed by atoms with E-state index in [4.69, 9.17) is 5.73 Å². The van der Waals surface area contributed by atoms with Gasteiger partial charge in [-0.1, -0.05) is 0 Å². The summed E-state index contributed by atoms with van der Waals surface area (Å²) in [6.07, 6.45) is -2.46. The number of piperidine rings is 1. The Kier molecular flexibility index (Phi) is 3.55. The SMILES string of the molecule is NCC1CCN(CC(F)(F)F)CC1. The Balaban J connectivity index is 2.25. The number of halogens is 3. The maximum atomic E-state index is 12.0. The van der Waals surface area contributed by atoms with E-state index in [1.807, 2.05) is 0 Å². The second-order valence-corrected chi connectivity index (χ2v) is 3.57. The number of nitrogens with zero attached hydrogens (tertiary/aromatic N) is 1. The summed E-state index contributed by atoms with van der Waals surface area (Å²) in [5.41, 5.74) is 5.44. The van der Waals surface area contributed by atoms with Crippen LogP contribution in [-0.2, 0) is 0 Å². The first kappa shape index (κ1) is 10.8. The minimum absolute atomic E-state index is 0.421. The van der Waals surface area contributed by atoms with Crippen LogP contribution in [0.4, 0.5) is 13.2 Å². The van der Waals surface area contributed by atoms with Crippen molar-refractivity contribution in [2.24, 2.45) is 11.7 Å². The van der Waals surface area contributed by atoms with Gasteiger partial charge in [0.15, 0.2) is 0 Å². The standard InChI is InChI=1S/C8H15F3N2/c9-8(10,11)6-13-3-1-7(5-12)2-4-13/h7H,1-6,12H2. The van der Waals surface area contributed by atoms with E-state index in [1.54, 1.807) is 0 Å². The summed E-state index contributed by atoms with van der Waals surface area (Å²) in [6, 6.07) is 0. The summed E-state index contributed by atoms with van der Waals surface area (Å²) in [7, 11) is 0. The van der Waals surface area contributed by atoms with Crippen LogP contribution in [0.15, 0.2) is 0 Å². The molecule has 0 saturated carbocycles. The fraction of sp³-hybridized carbons (Fsp3) is 1.00. The zero-order chi connectivity index (χ0) is 9.90. The number of hydrogen-bond acceptors (Lipinski definition) is 2. The van der Waals surface area contributed by atoms with Gasteiger partial charge in [-0.25, -0.2) is 0 Å². The van der Waals surface area contributed by atoms with Crippen molar-refractivity contribution in [3.05, 3.63) is 0 Å². The third kappa shape index (κ3) is 3.95. The highest BCUT2D eigenvalue weighted by Gasteiger charge is 2.32. The van der Waals surface area contributed by atoms with E-state index < -0.39 is 12.7 Å². The zero-order valence-corrected chi connectivity index (χ0v) is 7.48. The van der Waals surface area contributed by atoms with Crippen LogP contribution in [0.5, 0.6) is 0 Å². The molecule has 1 aliphatic rings. The fourth-order valence-electron chi connectivity index (χ4n) is 1.63. The Morgan fingerprint density at radius 3 is 2.15 bits per heavy atom. The van der Waals surface area contributed by atoms with Crippen molar-refractivity contribution >= 4 is 0 Å². The monoisotopic (exact) mass is 196 g/mol. The molecule has 0 spiro atoms. The number of likely N-dealkylation sites (tertiary alicyclic amines) is 1. The van der Waals surface area contributed by atoms with Crippen molar-refractivity contribution in [3.63, 3.8) is 0 Å². The van der Waals surface area contributed by atoms with Crippen LogP contribution >= 0.6 is 0 Å². The van der Waals surface area contributed by atoms with E-state index in [9.17, 15) is 13.2 Å². The second kappa shape index (κ2) is 4.28. The van der Waals surface area contributed by atoms with Gasteiger partial charge in [0.1, 0.15) is 0 Å². The Bertz CT molecular complexity index is 150.